The summed E-state index contributed by atoms with van der Waals surface area (Å²) in [7, 11) is 0. The first-order valence-electron chi connectivity index (χ1n) is 7.71. The zero-order valence-electron chi connectivity index (χ0n) is 13.4. The highest BCUT2D eigenvalue weighted by molar-refractivity contribution is 5.88. The largest absolute Gasteiger partial charge is 0.454 e. The number of carbonyl (C=O) groups is 3. The molecule has 3 rings (SSSR count). The van der Waals surface area contributed by atoms with Crippen LogP contribution < -0.4 is 14.8 Å². The van der Waals surface area contributed by atoms with Gasteiger partial charge in [-0.1, -0.05) is 6.07 Å². The third-order valence-corrected chi connectivity index (χ3v) is 3.97. The van der Waals surface area contributed by atoms with Crippen LogP contribution in [0, 0.1) is 0 Å². The number of hydrogen-bond donors (Lipinski definition) is 1. The molecule has 1 aromatic carbocycles. The summed E-state index contributed by atoms with van der Waals surface area (Å²) in [6.07, 6.45) is 0. The predicted octanol–water partition coefficient (Wildman–Crippen LogP) is -0.278. The molecule has 0 aliphatic carbocycles. The molecule has 0 atom stereocenters. The molecule has 0 spiro atoms. The lowest BCUT2D eigenvalue weighted by Gasteiger charge is -2.34. The number of piperazine rings is 1. The highest BCUT2D eigenvalue weighted by atomic mass is 16.7. The Morgan fingerprint density at radius 3 is 2.75 bits per heavy atom. The van der Waals surface area contributed by atoms with Crippen molar-refractivity contribution in [2.45, 2.75) is 13.5 Å². The predicted molar refractivity (Wildman–Crippen MR) is 83.2 cm³/mol. The van der Waals surface area contributed by atoms with Gasteiger partial charge < -0.3 is 24.6 Å². The van der Waals surface area contributed by atoms with Crippen LogP contribution >= 0.6 is 0 Å². The van der Waals surface area contributed by atoms with E-state index < -0.39 is 0 Å². The molecule has 8 heteroatoms. The number of amides is 3. The van der Waals surface area contributed by atoms with Crippen molar-refractivity contribution < 1.29 is 23.9 Å². The average molecular weight is 333 g/mol. The molecule has 0 aromatic heterocycles. The van der Waals surface area contributed by atoms with E-state index in [-0.39, 0.29) is 37.6 Å². The van der Waals surface area contributed by atoms with Crippen molar-refractivity contribution in [1.29, 1.82) is 0 Å². The molecule has 24 heavy (non-hydrogen) atoms. The second kappa shape index (κ2) is 6.77. The van der Waals surface area contributed by atoms with Crippen LogP contribution in [0.2, 0.25) is 0 Å². The summed E-state index contributed by atoms with van der Waals surface area (Å²) in [4.78, 5) is 38.3. The topological polar surface area (TPSA) is 88.2 Å². The van der Waals surface area contributed by atoms with E-state index in [1.807, 2.05) is 18.2 Å². The third kappa shape index (κ3) is 3.58. The van der Waals surface area contributed by atoms with Crippen LogP contribution in [0.4, 0.5) is 0 Å². The van der Waals surface area contributed by atoms with Crippen LogP contribution in [-0.4, -0.2) is 60.5 Å². The molecule has 1 N–H and O–H groups in total. The molecule has 1 saturated heterocycles. The van der Waals surface area contributed by atoms with Gasteiger partial charge in [0, 0.05) is 26.6 Å². The minimum Gasteiger partial charge on any atom is -0.454 e. The standard InChI is InChI=1S/C16H19N3O5/c1-11(20)17-7-15(21)19-5-4-18(16(22)9-19)8-12-2-3-13-14(6-12)24-10-23-13/h2-3,6H,4-5,7-10H2,1H3,(H,17,20). The molecule has 2 aliphatic heterocycles. The van der Waals surface area contributed by atoms with Gasteiger partial charge in [0.1, 0.15) is 0 Å². The van der Waals surface area contributed by atoms with E-state index in [1.54, 1.807) is 4.90 Å². The lowest BCUT2D eigenvalue weighted by atomic mass is 10.1. The summed E-state index contributed by atoms with van der Waals surface area (Å²) >= 11 is 0. The normalized spacial score (nSPS) is 16.3. The summed E-state index contributed by atoms with van der Waals surface area (Å²) in [6.45, 7) is 2.89. The van der Waals surface area contributed by atoms with E-state index in [1.165, 1.54) is 11.8 Å². The summed E-state index contributed by atoms with van der Waals surface area (Å²) < 4.78 is 10.6. The smallest absolute Gasteiger partial charge is 0.242 e. The van der Waals surface area contributed by atoms with Crippen molar-refractivity contribution in [3.8, 4) is 11.5 Å². The van der Waals surface area contributed by atoms with Gasteiger partial charge in [0.15, 0.2) is 11.5 Å². The maximum absolute atomic E-state index is 12.3. The fourth-order valence-electron chi connectivity index (χ4n) is 2.66. The summed E-state index contributed by atoms with van der Waals surface area (Å²) in [5.74, 6) is 0.759. The Kier molecular flexibility index (Phi) is 4.54. The van der Waals surface area contributed by atoms with Gasteiger partial charge in [-0.2, -0.15) is 0 Å². The van der Waals surface area contributed by atoms with Crippen molar-refractivity contribution in [2.75, 3.05) is 33.0 Å². The Hall–Kier alpha value is -2.77. The van der Waals surface area contributed by atoms with E-state index in [4.69, 9.17) is 9.47 Å². The molecule has 0 bridgehead atoms. The molecular weight excluding hydrogens is 314 g/mol. The van der Waals surface area contributed by atoms with Crippen molar-refractivity contribution in [3.63, 3.8) is 0 Å². The summed E-state index contributed by atoms with van der Waals surface area (Å²) in [5.41, 5.74) is 0.950. The summed E-state index contributed by atoms with van der Waals surface area (Å²) in [5, 5.41) is 2.45. The number of fused-ring (bicyclic) bond motifs is 1. The Labute approximate surface area is 139 Å². The molecule has 0 saturated carbocycles. The third-order valence-electron chi connectivity index (χ3n) is 3.97. The maximum Gasteiger partial charge on any atom is 0.242 e. The molecule has 3 amide bonds. The number of hydrogen-bond acceptors (Lipinski definition) is 5. The zero-order chi connectivity index (χ0) is 17.1. The van der Waals surface area contributed by atoms with Crippen LogP contribution in [0.3, 0.4) is 0 Å². The fraction of sp³-hybridized carbons (Fsp3) is 0.438. The minimum absolute atomic E-state index is 0.0307. The van der Waals surface area contributed by atoms with E-state index >= 15 is 0 Å². The number of nitrogens with one attached hydrogen (secondary N) is 1. The monoisotopic (exact) mass is 333 g/mol. The Bertz CT molecular complexity index is 676. The van der Waals surface area contributed by atoms with E-state index in [9.17, 15) is 14.4 Å². The molecular formula is C16H19N3O5. The van der Waals surface area contributed by atoms with Crippen molar-refractivity contribution in [2.24, 2.45) is 0 Å². The molecule has 8 nitrogen and oxygen atoms in total. The van der Waals surface area contributed by atoms with Gasteiger partial charge >= 0.3 is 0 Å². The molecule has 2 heterocycles. The van der Waals surface area contributed by atoms with Crippen LogP contribution in [0.15, 0.2) is 18.2 Å². The highest BCUT2D eigenvalue weighted by Gasteiger charge is 2.27. The van der Waals surface area contributed by atoms with Crippen molar-refractivity contribution in [3.05, 3.63) is 23.8 Å². The molecule has 0 radical (unpaired) electrons. The number of carbonyl (C=O) groups excluding carboxylic acids is 3. The molecule has 1 aromatic rings. The lowest BCUT2D eigenvalue weighted by molar-refractivity contribution is -0.145. The molecule has 2 aliphatic rings. The number of ether oxygens (including phenoxy) is 2. The van der Waals surface area contributed by atoms with Crippen molar-refractivity contribution >= 4 is 17.7 Å². The van der Waals surface area contributed by atoms with Gasteiger partial charge in [-0.3, -0.25) is 14.4 Å². The van der Waals surface area contributed by atoms with Crippen LogP contribution in [-0.2, 0) is 20.9 Å². The Morgan fingerprint density at radius 1 is 1.21 bits per heavy atom. The fourth-order valence-corrected chi connectivity index (χ4v) is 2.66. The van der Waals surface area contributed by atoms with Gasteiger partial charge in [-0.15, -0.1) is 0 Å². The van der Waals surface area contributed by atoms with E-state index in [0.717, 1.165) is 5.56 Å². The van der Waals surface area contributed by atoms with Gasteiger partial charge in [0.2, 0.25) is 24.5 Å². The maximum atomic E-state index is 12.3. The molecule has 128 valence electrons. The Balaban J connectivity index is 1.55. The molecule has 0 unspecified atom stereocenters. The summed E-state index contributed by atoms with van der Waals surface area (Å²) in [6, 6.07) is 5.59. The van der Waals surface area contributed by atoms with Crippen LogP contribution in [0.5, 0.6) is 11.5 Å². The van der Waals surface area contributed by atoms with E-state index in [0.29, 0.717) is 31.1 Å². The zero-order valence-corrected chi connectivity index (χ0v) is 13.4. The van der Waals surface area contributed by atoms with E-state index in [2.05, 4.69) is 5.32 Å². The van der Waals surface area contributed by atoms with Gasteiger partial charge in [0.25, 0.3) is 0 Å². The van der Waals surface area contributed by atoms with Crippen LogP contribution in [0.1, 0.15) is 12.5 Å². The van der Waals surface area contributed by atoms with Crippen molar-refractivity contribution in [1.82, 2.24) is 15.1 Å². The Morgan fingerprint density at radius 2 is 2.00 bits per heavy atom. The number of nitrogens with zero attached hydrogens (tertiary/aromatic N) is 2. The van der Waals surface area contributed by atoms with Crippen LogP contribution in [0.25, 0.3) is 0 Å². The second-order valence-electron chi connectivity index (χ2n) is 5.73. The first-order valence-corrected chi connectivity index (χ1v) is 7.71. The quantitative estimate of drug-likeness (QED) is 0.819. The SMILES string of the molecule is CC(=O)NCC(=O)N1CCN(Cc2ccc3c(c2)OCO3)C(=O)C1. The number of benzene rings is 1. The minimum atomic E-state index is -0.267. The highest BCUT2D eigenvalue weighted by Crippen LogP contribution is 2.32. The lowest BCUT2D eigenvalue weighted by Crippen LogP contribution is -2.53. The number of rotatable bonds is 4. The van der Waals surface area contributed by atoms with Gasteiger partial charge in [-0.05, 0) is 17.7 Å². The second-order valence-corrected chi connectivity index (χ2v) is 5.73. The average Bonchev–Trinajstić information content (AvgIpc) is 3.02. The molecule has 1 fully saturated rings. The van der Waals surface area contributed by atoms with Gasteiger partial charge in [0.05, 0.1) is 13.1 Å². The first kappa shape index (κ1) is 16.1. The first-order chi connectivity index (χ1) is 11.5. The van der Waals surface area contributed by atoms with Gasteiger partial charge in [-0.25, -0.2) is 0 Å².